The van der Waals surface area contributed by atoms with Gasteiger partial charge < -0.3 is 5.11 Å². The Labute approximate surface area is 165 Å². The van der Waals surface area contributed by atoms with E-state index in [1.807, 2.05) is 0 Å². The van der Waals surface area contributed by atoms with Gasteiger partial charge in [-0.05, 0) is 23.8 Å². The monoisotopic (exact) mass is 380 g/mol. The van der Waals surface area contributed by atoms with Gasteiger partial charge in [-0.2, -0.15) is 0 Å². The molecule has 0 aliphatic heterocycles. The second-order valence-electron chi connectivity index (χ2n) is 7.77. The molecule has 1 rings (SSSR count). The molecule has 0 saturated heterocycles. The highest BCUT2D eigenvalue weighted by atomic mass is 16.4. The van der Waals surface area contributed by atoms with Crippen molar-refractivity contribution < 1.29 is 9.90 Å². The number of unbranched alkanes of at least 4 members (excludes halogenated alkanes) is 14. The third-order valence-corrected chi connectivity index (χ3v) is 5.29. The number of aliphatic carboxylic acids is 1. The normalized spacial score (nSPS) is 12.4. The van der Waals surface area contributed by atoms with Crippen molar-refractivity contribution in [2.45, 2.75) is 123 Å². The third kappa shape index (κ3) is 11.1. The summed E-state index contributed by atoms with van der Waals surface area (Å²) in [6.45, 7) is 4.60. The Balaban J connectivity index is 1.90. The van der Waals surface area contributed by atoms with Crippen LogP contribution in [-0.2, 0) is 11.3 Å². The first-order valence-corrected chi connectivity index (χ1v) is 11.2. The Morgan fingerprint density at radius 2 is 1.30 bits per heavy atom. The molecule has 0 radical (unpaired) electrons. The van der Waals surface area contributed by atoms with Crippen molar-refractivity contribution >= 4 is 5.97 Å². The van der Waals surface area contributed by atoms with E-state index in [1.54, 1.807) is 11.6 Å². The van der Waals surface area contributed by atoms with Gasteiger partial charge in [0.25, 0.3) is 0 Å². The molecule has 1 aromatic heterocycles. The van der Waals surface area contributed by atoms with Crippen molar-refractivity contribution in [1.82, 2.24) is 20.2 Å². The lowest BCUT2D eigenvalue weighted by atomic mass is 10.0. The summed E-state index contributed by atoms with van der Waals surface area (Å²) >= 11 is 0. The van der Waals surface area contributed by atoms with Gasteiger partial charge in [-0.15, -0.1) is 5.10 Å². The quantitative estimate of drug-likeness (QED) is 0.329. The van der Waals surface area contributed by atoms with Gasteiger partial charge >= 0.3 is 5.97 Å². The summed E-state index contributed by atoms with van der Waals surface area (Å²) in [5, 5.41) is 20.4. The van der Waals surface area contributed by atoms with Gasteiger partial charge in [0.15, 0.2) is 5.82 Å². The first kappa shape index (κ1) is 23.6. The largest absolute Gasteiger partial charge is 0.481 e. The third-order valence-electron chi connectivity index (χ3n) is 5.29. The SMILES string of the molecule is CCCCCCCCCCCCCCCCCn1nnnc1C(C)C(=O)O. The van der Waals surface area contributed by atoms with Crippen LogP contribution in [0.4, 0.5) is 0 Å². The van der Waals surface area contributed by atoms with Gasteiger partial charge in [-0.1, -0.05) is 96.8 Å². The molecule has 0 spiro atoms. The first-order valence-electron chi connectivity index (χ1n) is 11.2. The zero-order chi connectivity index (χ0) is 19.7. The molecule has 1 unspecified atom stereocenters. The van der Waals surface area contributed by atoms with E-state index in [2.05, 4.69) is 22.4 Å². The number of aryl methyl sites for hydroxylation is 1. The van der Waals surface area contributed by atoms with E-state index in [0.717, 1.165) is 12.8 Å². The molecule has 0 fully saturated rings. The van der Waals surface area contributed by atoms with E-state index in [-0.39, 0.29) is 0 Å². The van der Waals surface area contributed by atoms with Crippen LogP contribution in [0.2, 0.25) is 0 Å². The Morgan fingerprint density at radius 1 is 0.852 bits per heavy atom. The fraction of sp³-hybridized carbons (Fsp3) is 0.905. The van der Waals surface area contributed by atoms with E-state index >= 15 is 0 Å². The molecule has 0 amide bonds. The lowest BCUT2D eigenvalue weighted by molar-refractivity contribution is -0.138. The van der Waals surface area contributed by atoms with Crippen LogP contribution in [0, 0.1) is 0 Å². The fourth-order valence-corrected chi connectivity index (χ4v) is 3.42. The van der Waals surface area contributed by atoms with Gasteiger partial charge in [-0.3, -0.25) is 4.79 Å². The summed E-state index contributed by atoms with van der Waals surface area (Å²) < 4.78 is 1.64. The number of tetrazole rings is 1. The molecule has 0 aromatic carbocycles. The molecule has 1 heterocycles. The Hall–Kier alpha value is -1.46. The summed E-state index contributed by atoms with van der Waals surface area (Å²) in [7, 11) is 0. The molecule has 0 aliphatic carbocycles. The number of nitrogens with zero attached hydrogens (tertiary/aromatic N) is 4. The standard InChI is InChI=1S/C21H40N4O2/c1-3-4-5-6-7-8-9-10-11-12-13-14-15-16-17-18-25-20(22-23-24-25)19(2)21(26)27/h19H,3-18H2,1-2H3,(H,26,27). The van der Waals surface area contributed by atoms with Crippen molar-refractivity contribution in [3.63, 3.8) is 0 Å². The van der Waals surface area contributed by atoms with Gasteiger partial charge in [-0.25, -0.2) is 4.68 Å². The average molecular weight is 381 g/mol. The van der Waals surface area contributed by atoms with Gasteiger partial charge in [0.05, 0.1) is 0 Å². The van der Waals surface area contributed by atoms with Crippen molar-refractivity contribution in [3.05, 3.63) is 5.82 Å². The van der Waals surface area contributed by atoms with Crippen LogP contribution in [0.5, 0.6) is 0 Å². The highest BCUT2D eigenvalue weighted by Gasteiger charge is 2.20. The van der Waals surface area contributed by atoms with Gasteiger partial charge in [0, 0.05) is 6.54 Å². The fourth-order valence-electron chi connectivity index (χ4n) is 3.42. The number of aromatic nitrogens is 4. The summed E-state index contributed by atoms with van der Waals surface area (Å²) in [5.41, 5.74) is 0. The molecule has 1 aromatic rings. The predicted molar refractivity (Wildman–Crippen MR) is 109 cm³/mol. The Kier molecular flexibility index (Phi) is 13.6. The van der Waals surface area contributed by atoms with Gasteiger partial charge in [0.1, 0.15) is 5.92 Å². The molecular weight excluding hydrogens is 340 g/mol. The minimum absolute atomic E-state index is 0.452. The zero-order valence-corrected chi connectivity index (χ0v) is 17.5. The van der Waals surface area contributed by atoms with Crippen LogP contribution >= 0.6 is 0 Å². The van der Waals surface area contributed by atoms with Crippen LogP contribution in [0.15, 0.2) is 0 Å². The topological polar surface area (TPSA) is 80.9 Å². The minimum Gasteiger partial charge on any atom is -0.481 e. The Morgan fingerprint density at radius 3 is 1.74 bits per heavy atom. The minimum atomic E-state index is -0.887. The predicted octanol–water partition coefficient (Wildman–Crippen LogP) is 5.73. The number of hydrogen-bond acceptors (Lipinski definition) is 4. The zero-order valence-electron chi connectivity index (χ0n) is 17.5. The van der Waals surface area contributed by atoms with E-state index in [1.165, 1.54) is 83.5 Å². The number of hydrogen-bond donors (Lipinski definition) is 1. The van der Waals surface area contributed by atoms with Crippen molar-refractivity contribution in [2.75, 3.05) is 0 Å². The van der Waals surface area contributed by atoms with Crippen molar-refractivity contribution in [1.29, 1.82) is 0 Å². The molecule has 27 heavy (non-hydrogen) atoms. The maximum atomic E-state index is 11.1. The first-order chi connectivity index (χ1) is 13.2. The van der Waals surface area contributed by atoms with E-state index in [9.17, 15) is 4.79 Å². The molecule has 0 bridgehead atoms. The number of carboxylic acids is 1. The average Bonchev–Trinajstić information content (AvgIpc) is 3.12. The van der Waals surface area contributed by atoms with Crippen LogP contribution in [0.1, 0.15) is 122 Å². The summed E-state index contributed by atoms with van der Waals surface area (Å²) in [5.74, 6) is -1.09. The molecule has 0 saturated carbocycles. The van der Waals surface area contributed by atoms with Crippen LogP contribution in [0.25, 0.3) is 0 Å². The van der Waals surface area contributed by atoms with E-state index < -0.39 is 11.9 Å². The molecule has 1 atom stereocenters. The lowest BCUT2D eigenvalue weighted by Crippen LogP contribution is -2.15. The maximum Gasteiger partial charge on any atom is 0.314 e. The van der Waals surface area contributed by atoms with Crippen LogP contribution in [-0.4, -0.2) is 31.3 Å². The number of carboxylic acid groups (broad SMARTS) is 1. The maximum absolute atomic E-state index is 11.1. The second-order valence-corrected chi connectivity index (χ2v) is 7.77. The molecule has 156 valence electrons. The van der Waals surface area contributed by atoms with Crippen molar-refractivity contribution in [2.24, 2.45) is 0 Å². The van der Waals surface area contributed by atoms with Crippen LogP contribution < -0.4 is 0 Å². The van der Waals surface area contributed by atoms with E-state index in [0.29, 0.717) is 12.4 Å². The van der Waals surface area contributed by atoms with Crippen molar-refractivity contribution in [3.8, 4) is 0 Å². The molecule has 6 nitrogen and oxygen atoms in total. The summed E-state index contributed by atoms with van der Waals surface area (Å²) in [6.07, 6.45) is 20.0. The molecule has 6 heteroatoms. The summed E-state index contributed by atoms with van der Waals surface area (Å²) in [6, 6.07) is 0. The van der Waals surface area contributed by atoms with E-state index in [4.69, 9.17) is 5.11 Å². The van der Waals surface area contributed by atoms with Crippen LogP contribution in [0.3, 0.4) is 0 Å². The molecular formula is C21H40N4O2. The highest BCUT2D eigenvalue weighted by molar-refractivity contribution is 5.74. The second kappa shape index (κ2) is 15.6. The lowest BCUT2D eigenvalue weighted by Gasteiger charge is -2.07. The van der Waals surface area contributed by atoms with Gasteiger partial charge in [0.2, 0.25) is 0 Å². The smallest absolute Gasteiger partial charge is 0.314 e. The highest BCUT2D eigenvalue weighted by Crippen LogP contribution is 2.15. The Bertz CT molecular complexity index is 490. The summed E-state index contributed by atoms with van der Waals surface area (Å²) in [4.78, 5) is 11.1. The number of rotatable bonds is 18. The number of carbonyl (C=O) groups is 1. The molecule has 1 N–H and O–H groups in total. The molecule has 0 aliphatic rings.